The minimum atomic E-state index is 0.0368. The minimum Gasteiger partial charge on any atom is -0.299 e. The SMILES string of the molecule is CC(/C=C/C=C(\c1ccc2ccccc2c1)C(C)(C)C)=C\C=O. The van der Waals surface area contributed by atoms with Gasteiger partial charge in [0.1, 0.15) is 6.29 Å². The molecule has 2 rings (SSSR count). The molecule has 0 spiro atoms. The normalized spacial score (nSPS) is 13.7. The van der Waals surface area contributed by atoms with Crippen molar-refractivity contribution in [3.05, 3.63) is 77.9 Å². The van der Waals surface area contributed by atoms with Gasteiger partial charge < -0.3 is 0 Å². The summed E-state index contributed by atoms with van der Waals surface area (Å²) in [5.41, 5.74) is 3.49. The molecule has 0 bridgehead atoms. The van der Waals surface area contributed by atoms with Crippen molar-refractivity contribution < 1.29 is 4.79 Å². The monoisotopic (exact) mass is 304 g/mol. The van der Waals surface area contributed by atoms with Crippen LogP contribution in [-0.2, 0) is 4.79 Å². The molecular formula is C22H24O. The molecule has 2 aromatic carbocycles. The first-order valence-electron chi connectivity index (χ1n) is 7.92. The summed E-state index contributed by atoms with van der Waals surface area (Å²) in [7, 11) is 0. The zero-order valence-electron chi connectivity index (χ0n) is 14.3. The average Bonchev–Trinajstić information content (AvgIpc) is 2.50. The highest BCUT2D eigenvalue weighted by molar-refractivity contribution is 5.87. The van der Waals surface area contributed by atoms with Crippen molar-refractivity contribution in [2.24, 2.45) is 5.41 Å². The van der Waals surface area contributed by atoms with E-state index in [-0.39, 0.29) is 5.41 Å². The lowest BCUT2D eigenvalue weighted by molar-refractivity contribution is -0.104. The van der Waals surface area contributed by atoms with Gasteiger partial charge in [0.25, 0.3) is 0 Å². The molecule has 0 fully saturated rings. The van der Waals surface area contributed by atoms with Crippen LogP contribution in [0.2, 0.25) is 0 Å². The third-order valence-corrected chi connectivity index (χ3v) is 3.82. The number of rotatable bonds is 4. The zero-order valence-corrected chi connectivity index (χ0v) is 14.3. The third-order valence-electron chi connectivity index (χ3n) is 3.82. The summed E-state index contributed by atoms with van der Waals surface area (Å²) >= 11 is 0. The van der Waals surface area contributed by atoms with E-state index in [0.717, 1.165) is 11.9 Å². The van der Waals surface area contributed by atoms with Gasteiger partial charge in [0.05, 0.1) is 0 Å². The molecule has 0 saturated carbocycles. The first-order valence-corrected chi connectivity index (χ1v) is 7.92. The largest absolute Gasteiger partial charge is 0.299 e. The molecular weight excluding hydrogens is 280 g/mol. The quantitative estimate of drug-likeness (QED) is 0.386. The smallest absolute Gasteiger partial charge is 0.143 e. The van der Waals surface area contributed by atoms with Crippen molar-refractivity contribution in [2.45, 2.75) is 27.7 Å². The van der Waals surface area contributed by atoms with Gasteiger partial charge in [-0.1, -0.05) is 75.4 Å². The number of aldehydes is 1. The van der Waals surface area contributed by atoms with Gasteiger partial charge in [-0.15, -0.1) is 0 Å². The molecule has 118 valence electrons. The summed E-state index contributed by atoms with van der Waals surface area (Å²) < 4.78 is 0. The molecule has 2 aromatic rings. The molecule has 0 saturated heterocycles. The van der Waals surface area contributed by atoms with E-state index in [1.165, 1.54) is 21.9 Å². The minimum absolute atomic E-state index is 0.0368. The van der Waals surface area contributed by atoms with Gasteiger partial charge in [-0.05, 0) is 52.0 Å². The van der Waals surface area contributed by atoms with Gasteiger partial charge in [0.15, 0.2) is 0 Å². The third kappa shape index (κ3) is 4.53. The van der Waals surface area contributed by atoms with Gasteiger partial charge in [0.2, 0.25) is 0 Å². The van der Waals surface area contributed by atoms with Crippen molar-refractivity contribution in [1.82, 2.24) is 0 Å². The second-order valence-electron chi connectivity index (χ2n) is 6.80. The molecule has 0 aliphatic heterocycles. The molecule has 0 aliphatic carbocycles. The first-order chi connectivity index (χ1) is 10.9. The lowest BCUT2D eigenvalue weighted by Gasteiger charge is -2.23. The Morgan fingerprint density at radius 1 is 0.957 bits per heavy atom. The summed E-state index contributed by atoms with van der Waals surface area (Å²) in [6.07, 6.45) is 8.51. The Hall–Kier alpha value is -2.41. The van der Waals surface area contributed by atoms with Crippen LogP contribution in [-0.4, -0.2) is 6.29 Å². The van der Waals surface area contributed by atoms with Gasteiger partial charge >= 0.3 is 0 Å². The maximum absolute atomic E-state index is 10.5. The Balaban J connectivity index is 2.45. The van der Waals surface area contributed by atoms with Crippen LogP contribution in [0.3, 0.4) is 0 Å². The second kappa shape index (κ2) is 7.23. The Kier molecular flexibility index (Phi) is 5.33. The molecule has 0 atom stereocenters. The molecule has 0 unspecified atom stereocenters. The van der Waals surface area contributed by atoms with Crippen LogP contribution < -0.4 is 0 Å². The van der Waals surface area contributed by atoms with Gasteiger partial charge in [-0.3, -0.25) is 4.79 Å². The number of allylic oxidation sites excluding steroid dienone is 6. The van der Waals surface area contributed by atoms with E-state index < -0.39 is 0 Å². The Bertz CT molecular complexity index is 783. The summed E-state index contributed by atoms with van der Waals surface area (Å²) in [6.45, 7) is 8.58. The molecule has 0 aromatic heterocycles. The standard InChI is InChI=1S/C22H24O/c1-17(14-15-23)8-7-11-21(22(2,3)4)20-13-12-18-9-5-6-10-19(18)16-20/h5-16H,1-4H3/b8-7+,17-14+,21-11+. The van der Waals surface area contributed by atoms with Crippen LogP contribution in [0.4, 0.5) is 0 Å². The summed E-state index contributed by atoms with van der Waals surface area (Å²) in [5, 5.41) is 2.51. The molecule has 0 N–H and O–H groups in total. The molecule has 0 radical (unpaired) electrons. The van der Waals surface area contributed by atoms with Crippen LogP contribution in [0.15, 0.2) is 72.3 Å². The van der Waals surface area contributed by atoms with E-state index in [0.29, 0.717) is 0 Å². The van der Waals surface area contributed by atoms with Crippen molar-refractivity contribution >= 4 is 22.6 Å². The van der Waals surface area contributed by atoms with Crippen LogP contribution in [0.1, 0.15) is 33.3 Å². The van der Waals surface area contributed by atoms with Gasteiger partial charge in [-0.25, -0.2) is 0 Å². The molecule has 0 aliphatic rings. The van der Waals surface area contributed by atoms with E-state index in [1.807, 2.05) is 19.1 Å². The predicted molar refractivity (Wildman–Crippen MR) is 100 cm³/mol. The van der Waals surface area contributed by atoms with E-state index in [1.54, 1.807) is 6.08 Å². The van der Waals surface area contributed by atoms with Crippen LogP contribution in [0.5, 0.6) is 0 Å². The Morgan fingerprint density at radius 3 is 2.30 bits per heavy atom. The molecule has 23 heavy (non-hydrogen) atoms. The summed E-state index contributed by atoms with van der Waals surface area (Å²) in [6, 6.07) is 15.0. The zero-order chi connectivity index (χ0) is 16.9. The van der Waals surface area contributed by atoms with E-state index >= 15 is 0 Å². The molecule has 0 amide bonds. The molecule has 1 heteroatoms. The maximum atomic E-state index is 10.5. The fraction of sp³-hybridized carbons (Fsp3) is 0.227. The molecule has 1 nitrogen and oxygen atoms in total. The Morgan fingerprint density at radius 2 is 1.65 bits per heavy atom. The van der Waals surface area contributed by atoms with E-state index in [4.69, 9.17) is 0 Å². The number of hydrogen-bond acceptors (Lipinski definition) is 1. The molecule has 0 heterocycles. The van der Waals surface area contributed by atoms with Gasteiger partial charge in [-0.2, -0.15) is 0 Å². The summed E-state index contributed by atoms with van der Waals surface area (Å²) in [4.78, 5) is 10.5. The predicted octanol–water partition coefficient (Wildman–Crippen LogP) is 5.97. The highest BCUT2D eigenvalue weighted by Gasteiger charge is 2.18. The van der Waals surface area contributed by atoms with Gasteiger partial charge in [0, 0.05) is 0 Å². The fourth-order valence-electron chi connectivity index (χ4n) is 2.60. The van der Waals surface area contributed by atoms with Crippen LogP contribution >= 0.6 is 0 Å². The number of fused-ring (bicyclic) bond motifs is 1. The number of benzene rings is 2. The van der Waals surface area contributed by atoms with Crippen LogP contribution in [0, 0.1) is 5.41 Å². The highest BCUT2D eigenvalue weighted by atomic mass is 16.1. The maximum Gasteiger partial charge on any atom is 0.143 e. The Labute approximate surface area is 139 Å². The first kappa shape index (κ1) is 17.0. The van der Waals surface area contributed by atoms with Crippen molar-refractivity contribution in [3.63, 3.8) is 0 Å². The van der Waals surface area contributed by atoms with E-state index in [9.17, 15) is 4.79 Å². The summed E-state index contributed by atoms with van der Waals surface area (Å²) in [5.74, 6) is 0. The second-order valence-corrected chi connectivity index (χ2v) is 6.80. The van der Waals surface area contributed by atoms with Crippen molar-refractivity contribution in [2.75, 3.05) is 0 Å². The number of carbonyl (C=O) groups is 1. The van der Waals surface area contributed by atoms with Crippen LogP contribution in [0.25, 0.3) is 16.3 Å². The fourth-order valence-corrected chi connectivity index (χ4v) is 2.60. The van der Waals surface area contributed by atoms with Crippen molar-refractivity contribution in [1.29, 1.82) is 0 Å². The highest BCUT2D eigenvalue weighted by Crippen LogP contribution is 2.35. The topological polar surface area (TPSA) is 17.1 Å². The van der Waals surface area contributed by atoms with E-state index in [2.05, 4.69) is 69.3 Å². The lowest BCUT2D eigenvalue weighted by atomic mass is 9.81. The lowest BCUT2D eigenvalue weighted by Crippen LogP contribution is -2.08. The number of carbonyl (C=O) groups excluding carboxylic acids is 1. The number of hydrogen-bond donors (Lipinski definition) is 0. The van der Waals surface area contributed by atoms with Crippen molar-refractivity contribution in [3.8, 4) is 0 Å². The average molecular weight is 304 g/mol.